The van der Waals surface area contributed by atoms with Crippen LogP contribution in [0.15, 0.2) is 91.0 Å². The maximum Gasteiger partial charge on any atom is 0.270 e. The van der Waals surface area contributed by atoms with Crippen molar-refractivity contribution < 1.29 is 14.5 Å². The van der Waals surface area contributed by atoms with Crippen molar-refractivity contribution in [1.82, 2.24) is 4.98 Å². The van der Waals surface area contributed by atoms with E-state index in [1.165, 1.54) is 18.2 Å². The fourth-order valence-corrected chi connectivity index (χ4v) is 4.23. The molecule has 0 aliphatic rings. The van der Waals surface area contributed by atoms with Gasteiger partial charge in [0.15, 0.2) is 5.78 Å². The smallest absolute Gasteiger partial charge is 0.270 e. The van der Waals surface area contributed by atoms with E-state index in [1.807, 2.05) is 36.4 Å². The van der Waals surface area contributed by atoms with Crippen LogP contribution in [0.1, 0.15) is 15.9 Å². The normalized spacial score (nSPS) is 11.2. The predicted octanol–water partition coefficient (Wildman–Crippen LogP) is 7.60. The van der Waals surface area contributed by atoms with E-state index in [9.17, 15) is 14.9 Å². The highest BCUT2D eigenvalue weighted by atomic mass is 35.5. The van der Waals surface area contributed by atoms with Gasteiger partial charge in [0.1, 0.15) is 5.75 Å². The van der Waals surface area contributed by atoms with Crippen molar-refractivity contribution >= 4 is 62.3 Å². The van der Waals surface area contributed by atoms with Gasteiger partial charge in [-0.2, -0.15) is 0 Å². The summed E-state index contributed by atoms with van der Waals surface area (Å²) >= 11 is 6.23. The molecule has 0 spiro atoms. The molecule has 0 amide bonds. The van der Waals surface area contributed by atoms with Crippen LogP contribution in [0.5, 0.6) is 5.75 Å². The molecule has 4 aromatic carbocycles. The molecule has 1 heterocycles. The SMILES string of the molecule is COc1ccc2nc3cc(Cl)ccc3c(Nc3cccc(C(=O)/C=C/c4cccc([N+](=O)[O-])c4)c3)c2c1. The second-order valence-corrected chi connectivity index (χ2v) is 8.72. The van der Waals surface area contributed by atoms with E-state index in [4.69, 9.17) is 21.3 Å². The molecule has 8 heteroatoms. The molecule has 0 fully saturated rings. The van der Waals surface area contributed by atoms with Gasteiger partial charge in [0.25, 0.3) is 5.69 Å². The van der Waals surface area contributed by atoms with E-state index in [-0.39, 0.29) is 11.5 Å². The van der Waals surface area contributed by atoms with Gasteiger partial charge in [-0.15, -0.1) is 0 Å². The molecule has 0 unspecified atom stereocenters. The molecule has 0 radical (unpaired) electrons. The van der Waals surface area contributed by atoms with Crippen LogP contribution in [0.3, 0.4) is 0 Å². The lowest BCUT2D eigenvalue weighted by Crippen LogP contribution is -1.99. The Morgan fingerprint density at radius 3 is 2.62 bits per heavy atom. The highest BCUT2D eigenvalue weighted by molar-refractivity contribution is 6.31. The van der Waals surface area contributed by atoms with E-state index >= 15 is 0 Å². The zero-order chi connectivity index (χ0) is 25.9. The van der Waals surface area contributed by atoms with Gasteiger partial charge in [-0.1, -0.05) is 41.9 Å². The number of hydrogen-bond donors (Lipinski definition) is 1. The number of ether oxygens (including phenoxy) is 1. The van der Waals surface area contributed by atoms with E-state index in [1.54, 1.807) is 49.6 Å². The van der Waals surface area contributed by atoms with Crippen LogP contribution in [0.2, 0.25) is 5.02 Å². The Bertz CT molecular complexity index is 1720. The molecule has 1 N–H and O–H groups in total. The summed E-state index contributed by atoms with van der Waals surface area (Å²) in [7, 11) is 1.61. The molecule has 5 rings (SSSR count). The monoisotopic (exact) mass is 509 g/mol. The van der Waals surface area contributed by atoms with Crippen molar-refractivity contribution in [1.29, 1.82) is 0 Å². The van der Waals surface area contributed by atoms with Crippen LogP contribution in [-0.2, 0) is 0 Å². The lowest BCUT2D eigenvalue weighted by Gasteiger charge is -2.15. The first kappa shape index (κ1) is 24.0. The quantitative estimate of drug-likeness (QED) is 0.0797. The van der Waals surface area contributed by atoms with Crippen LogP contribution >= 0.6 is 11.6 Å². The number of rotatable bonds is 7. The van der Waals surface area contributed by atoms with E-state index < -0.39 is 4.92 Å². The van der Waals surface area contributed by atoms with Crippen LogP contribution in [0.4, 0.5) is 17.1 Å². The third kappa shape index (κ3) is 5.12. The zero-order valence-electron chi connectivity index (χ0n) is 19.6. The van der Waals surface area contributed by atoms with E-state index in [2.05, 4.69) is 5.32 Å². The number of non-ortho nitro benzene ring substituents is 1. The minimum atomic E-state index is -0.468. The van der Waals surface area contributed by atoms with Crippen LogP contribution in [-0.4, -0.2) is 22.8 Å². The number of methoxy groups -OCH3 is 1. The van der Waals surface area contributed by atoms with Gasteiger partial charge in [0.2, 0.25) is 0 Å². The van der Waals surface area contributed by atoms with E-state index in [0.29, 0.717) is 27.6 Å². The average molecular weight is 510 g/mol. The van der Waals surface area contributed by atoms with Crippen molar-refractivity contribution in [2.75, 3.05) is 12.4 Å². The van der Waals surface area contributed by atoms with Crippen molar-refractivity contribution in [2.24, 2.45) is 0 Å². The summed E-state index contributed by atoms with van der Waals surface area (Å²) in [4.78, 5) is 28.2. The Balaban J connectivity index is 1.50. The number of anilines is 2. The maximum absolute atomic E-state index is 12.9. The molecule has 37 heavy (non-hydrogen) atoms. The molecule has 7 nitrogen and oxygen atoms in total. The summed E-state index contributed by atoms with van der Waals surface area (Å²) in [5.41, 5.74) is 4.03. The number of nitrogens with one attached hydrogen (secondary N) is 1. The van der Waals surface area contributed by atoms with Gasteiger partial charge in [-0.05, 0) is 60.2 Å². The predicted molar refractivity (Wildman–Crippen MR) is 147 cm³/mol. The summed E-state index contributed by atoms with van der Waals surface area (Å²) in [6.45, 7) is 0. The molecule has 0 aliphatic heterocycles. The first-order valence-electron chi connectivity index (χ1n) is 11.3. The fourth-order valence-electron chi connectivity index (χ4n) is 4.06. The second-order valence-electron chi connectivity index (χ2n) is 8.29. The number of hydrogen-bond acceptors (Lipinski definition) is 6. The molecule has 182 valence electrons. The summed E-state index contributed by atoms with van der Waals surface area (Å²) in [5.74, 6) is 0.467. The Morgan fingerprint density at radius 2 is 1.81 bits per heavy atom. The Morgan fingerprint density at radius 1 is 0.973 bits per heavy atom. The fraction of sp³-hybridized carbons (Fsp3) is 0.0345. The number of aromatic nitrogens is 1. The number of nitro benzene ring substituents is 1. The zero-order valence-corrected chi connectivity index (χ0v) is 20.4. The molecule has 1 aromatic heterocycles. The summed E-state index contributed by atoms with van der Waals surface area (Å²) in [6, 6.07) is 24.4. The number of pyridine rings is 1. The average Bonchev–Trinajstić information content (AvgIpc) is 2.91. The number of ketones is 1. The Labute approximate surface area is 217 Å². The highest BCUT2D eigenvalue weighted by Gasteiger charge is 2.13. The van der Waals surface area contributed by atoms with Crippen LogP contribution in [0, 0.1) is 10.1 Å². The number of nitrogens with zero attached hydrogens (tertiary/aromatic N) is 2. The largest absolute Gasteiger partial charge is 0.497 e. The molecular formula is C29H20ClN3O4. The van der Waals surface area contributed by atoms with Gasteiger partial charge in [0, 0.05) is 39.2 Å². The maximum atomic E-state index is 12.9. The second kappa shape index (κ2) is 10.1. The Hall–Kier alpha value is -4.75. The molecule has 5 aromatic rings. The number of allylic oxidation sites excluding steroid dienone is 1. The third-order valence-corrected chi connectivity index (χ3v) is 6.10. The van der Waals surface area contributed by atoms with Crippen molar-refractivity contribution in [3.05, 3.63) is 117 Å². The number of fused-ring (bicyclic) bond motifs is 2. The topological polar surface area (TPSA) is 94.4 Å². The third-order valence-electron chi connectivity index (χ3n) is 5.87. The summed E-state index contributed by atoms with van der Waals surface area (Å²) in [6.07, 6.45) is 2.97. The number of benzene rings is 4. The summed E-state index contributed by atoms with van der Waals surface area (Å²) in [5, 5.41) is 16.8. The van der Waals surface area contributed by atoms with E-state index in [0.717, 1.165) is 27.5 Å². The number of nitro groups is 1. The first-order valence-corrected chi connectivity index (χ1v) is 11.7. The van der Waals surface area contributed by atoms with Crippen molar-refractivity contribution in [3.8, 4) is 5.75 Å². The number of carbonyl (C=O) groups excluding carboxylic acids is 1. The van der Waals surface area contributed by atoms with Gasteiger partial charge < -0.3 is 10.1 Å². The highest BCUT2D eigenvalue weighted by Crippen LogP contribution is 2.36. The van der Waals surface area contributed by atoms with Crippen LogP contribution < -0.4 is 10.1 Å². The molecular weight excluding hydrogens is 490 g/mol. The molecule has 0 atom stereocenters. The summed E-state index contributed by atoms with van der Waals surface area (Å²) < 4.78 is 5.43. The molecule has 0 saturated heterocycles. The van der Waals surface area contributed by atoms with Gasteiger partial charge in [0.05, 0.1) is 28.8 Å². The van der Waals surface area contributed by atoms with Crippen molar-refractivity contribution in [2.45, 2.75) is 0 Å². The minimum absolute atomic E-state index is 0.0319. The lowest BCUT2D eigenvalue weighted by molar-refractivity contribution is -0.384. The number of halogens is 1. The molecule has 0 bridgehead atoms. The van der Waals surface area contributed by atoms with Gasteiger partial charge >= 0.3 is 0 Å². The Kier molecular flexibility index (Phi) is 6.53. The van der Waals surface area contributed by atoms with Gasteiger partial charge in [-0.3, -0.25) is 14.9 Å². The first-order chi connectivity index (χ1) is 17.9. The lowest BCUT2D eigenvalue weighted by atomic mass is 10.1. The van der Waals surface area contributed by atoms with Crippen LogP contribution in [0.25, 0.3) is 27.9 Å². The van der Waals surface area contributed by atoms with Gasteiger partial charge in [-0.25, -0.2) is 4.98 Å². The minimum Gasteiger partial charge on any atom is -0.497 e. The number of carbonyl (C=O) groups is 1. The molecule has 0 aliphatic carbocycles. The molecule has 0 saturated carbocycles. The van der Waals surface area contributed by atoms with Crippen molar-refractivity contribution in [3.63, 3.8) is 0 Å². The standard InChI is InChI=1S/C29H20ClN3O4/c1-37-23-10-12-26-25(17-23)29(24-11-9-20(30)16-27(24)32-26)31-21-6-3-5-19(15-21)28(34)13-8-18-4-2-7-22(14-18)33(35)36/h2-17H,1H3,(H,31,32)/b13-8+.